The van der Waals surface area contributed by atoms with Crippen LogP contribution in [0, 0.1) is 6.57 Å². The quantitative estimate of drug-likeness (QED) is 0.468. The number of hydrogen-bond acceptors (Lipinski definition) is 3. The summed E-state index contributed by atoms with van der Waals surface area (Å²) in [6, 6.07) is 12.1. The Bertz CT molecular complexity index is 1100. The van der Waals surface area contributed by atoms with Gasteiger partial charge in [-0.25, -0.2) is 4.79 Å². The lowest BCUT2D eigenvalue weighted by molar-refractivity contribution is -0.111. The van der Waals surface area contributed by atoms with Crippen LogP contribution in [-0.4, -0.2) is 16.9 Å². The number of fused-ring (bicyclic) bond motifs is 1. The molecule has 0 spiro atoms. The highest BCUT2D eigenvalue weighted by Gasteiger charge is 2.23. The molecular weight excluding hydrogens is 389 g/mol. The number of para-hydroxylation sites is 1. The van der Waals surface area contributed by atoms with Crippen LogP contribution >= 0.6 is 23.2 Å². The highest BCUT2D eigenvalue weighted by molar-refractivity contribution is 6.39. The van der Waals surface area contributed by atoms with E-state index in [0.717, 1.165) is 0 Å². The van der Waals surface area contributed by atoms with Crippen molar-refractivity contribution in [3.63, 3.8) is 0 Å². The molecule has 27 heavy (non-hydrogen) atoms. The van der Waals surface area contributed by atoms with Crippen LogP contribution < -0.4 is 5.32 Å². The number of amides is 1. The van der Waals surface area contributed by atoms with E-state index in [2.05, 4.69) is 20.1 Å². The summed E-state index contributed by atoms with van der Waals surface area (Å²) < 4.78 is 0. The molecule has 0 aliphatic carbocycles. The van der Waals surface area contributed by atoms with Crippen LogP contribution in [0.1, 0.15) is 16.1 Å². The van der Waals surface area contributed by atoms with E-state index in [1.54, 1.807) is 30.3 Å². The Balaban J connectivity index is 2.01. The highest BCUT2D eigenvalue weighted by Crippen LogP contribution is 2.33. The molecule has 0 bridgehead atoms. The predicted octanol–water partition coefficient (Wildman–Crippen LogP) is 5.16. The lowest BCUT2D eigenvalue weighted by atomic mass is 10.1. The summed E-state index contributed by atoms with van der Waals surface area (Å²) in [7, 11) is 0. The molecule has 0 aliphatic rings. The fourth-order valence-electron chi connectivity index (χ4n) is 2.56. The van der Waals surface area contributed by atoms with Crippen LogP contribution in [0.3, 0.4) is 0 Å². The van der Waals surface area contributed by atoms with Crippen molar-refractivity contribution in [2.45, 2.75) is 0 Å². The zero-order valence-corrected chi connectivity index (χ0v) is 15.2. The number of carbonyl (C=O) groups is 2. The van der Waals surface area contributed by atoms with Crippen LogP contribution in [0.15, 0.2) is 48.5 Å². The van der Waals surface area contributed by atoms with E-state index >= 15 is 0 Å². The molecule has 0 saturated carbocycles. The number of rotatable bonds is 4. The third-order valence-electron chi connectivity index (χ3n) is 3.64. The standard InChI is InChI=1S/C19H11Cl2N3O3/c1-22-27-19(26)18-13(17-14(21)9-11(20)10-15(17)24-18)7-8-16(25)23-12-5-3-2-4-6-12/h1-10H,(H-,23,24,25,26)/p+1. The van der Waals surface area contributed by atoms with Gasteiger partial charge >= 0.3 is 12.5 Å². The van der Waals surface area contributed by atoms with Crippen LogP contribution in [0.2, 0.25) is 10.0 Å². The van der Waals surface area contributed by atoms with Crippen molar-refractivity contribution in [3.8, 4) is 6.57 Å². The molecule has 3 rings (SSSR count). The molecule has 0 fully saturated rings. The zero-order valence-electron chi connectivity index (χ0n) is 13.7. The summed E-state index contributed by atoms with van der Waals surface area (Å²) in [5.74, 6) is -1.22. The van der Waals surface area contributed by atoms with Gasteiger partial charge in [0.05, 0.1) is 5.02 Å². The topological polar surface area (TPSA) is 75.5 Å². The van der Waals surface area contributed by atoms with Crippen molar-refractivity contribution in [3.05, 3.63) is 74.9 Å². The summed E-state index contributed by atoms with van der Waals surface area (Å²) in [5.41, 5.74) is 1.52. The minimum Gasteiger partial charge on any atom is -0.348 e. The van der Waals surface area contributed by atoms with Gasteiger partial charge in [-0.2, -0.15) is 0 Å². The van der Waals surface area contributed by atoms with Gasteiger partial charge in [0.1, 0.15) is 5.69 Å². The Kier molecular flexibility index (Phi) is 5.46. The molecular formula is C19H12Cl2N3O3+. The van der Waals surface area contributed by atoms with Gasteiger partial charge in [0.25, 0.3) is 0 Å². The van der Waals surface area contributed by atoms with Gasteiger partial charge in [0.15, 0.2) is 0 Å². The Morgan fingerprint density at radius 1 is 1.19 bits per heavy atom. The van der Waals surface area contributed by atoms with E-state index in [-0.39, 0.29) is 11.6 Å². The highest BCUT2D eigenvalue weighted by atomic mass is 35.5. The minimum absolute atomic E-state index is 0.0344. The average molecular weight is 401 g/mol. The average Bonchev–Trinajstić information content (AvgIpc) is 3.00. The van der Waals surface area contributed by atoms with Crippen molar-refractivity contribution < 1.29 is 14.4 Å². The fourth-order valence-corrected chi connectivity index (χ4v) is 3.15. The smallest absolute Gasteiger partial charge is 0.348 e. The number of nitrogens with zero attached hydrogens (tertiary/aromatic N) is 1. The van der Waals surface area contributed by atoms with E-state index in [9.17, 15) is 9.59 Å². The first-order valence-corrected chi connectivity index (χ1v) is 8.41. The fraction of sp³-hybridized carbons (Fsp3) is 0. The van der Waals surface area contributed by atoms with Gasteiger partial charge in [0.2, 0.25) is 10.9 Å². The molecule has 1 heterocycles. The van der Waals surface area contributed by atoms with Crippen LogP contribution in [-0.2, 0) is 9.63 Å². The van der Waals surface area contributed by atoms with E-state index in [1.165, 1.54) is 18.2 Å². The maximum absolute atomic E-state index is 12.2. The summed E-state index contributed by atoms with van der Waals surface area (Å²) in [4.78, 5) is 31.7. The lowest BCUT2D eigenvalue weighted by Crippen LogP contribution is -2.07. The number of hydrogen-bond donors (Lipinski definition) is 2. The molecule has 134 valence electrons. The number of halogens is 2. The minimum atomic E-state index is -0.830. The van der Waals surface area contributed by atoms with Gasteiger partial charge in [-0.05, 0) is 30.3 Å². The van der Waals surface area contributed by atoms with E-state index in [1.807, 2.05) is 6.07 Å². The summed E-state index contributed by atoms with van der Waals surface area (Å²) in [6.07, 6.45) is 2.72. The Morgan fingerprint density at radius 2 is 1.93 bits per heavy atom. The summed E-state index contributed by atoms with van der Waals surface area (Å²) in [5, 5.41) is 6.79. The van der Waals surface area contributed by atoms with Gasteiger partial charge in [-0.1, -0.05) is 46.2 Å². The third kappa shape index (κ3) is 4.11. The Labute approximate surface area is 164 Å². The molecule has 0 radical (unpaired) electrons. The van der Waals surface area contributed by atoms with Crippen molar-refractivity contribution in [1.29, 1.82) is 0 Å². The molecule has 8 heteroatoms. The molecule has 1 amide bonds. The second kappa shape index (κ2) is 7.96. The van der Waals surface area contributed by atoms with Gasteiger partial charge in [0, 0.05) is 33.3 Å². The largest absolute Gasteiger partial charge is 0.446 e. The monoisotopic (exact) mass is 400 g/mol. The molecule has 1 aromatic heterocycles. The predicted molar refractivity (Wildman–Crippen MR) is 106 cm³/mol. The van der Waals surface area contributed by atoms with Gasteiger partial charge in [-0.15, -0.1) is 0 Å². The van der Waals surface area contributed by atoms with Crippen molar-refractivity contribution in [2.75, 3.05) is 5.32 Å². The number of carbonyl (C=O) groups excluding carboxylic acids is 2. The molecule has 0 saturated heterocycles. The van der Waals surface area contributed by atoms with Gasteiger partial charge in [-0.3, -0.25) is 4.79 Å². The molecule has 2 N–H and O–H groups in total. The number of H-pyrrole nitrogens is 1. The third-order valence-corrected chi connectivity index (χ3v) is 4.15. The van der Waals surface area contributed by atoms with Crippen molar-refractivity contribution in [2.24, 2.45) is 0 Å². The van der Waals surface area contributed by atoms with Crippen LogP contribution in [0.25, 0.3) is 22.0 Å². The first kappa shape index (κ1) is 18.5. The molecule has 6 nitrogen and oxygen atoms in total. The second-order valence-electron chi connectivity index (χ2n) is 5.40. The molecule has 0 atom stereocenters. The number of aromatic nitrogens is 1. The number of anilines is 1. The maximum Gasteiger partial charge on any atom is 0.446 e. The number of aromatic amines is 1. The second-order valence-corrected chi connectivity index (χ2v) is 6.24. The summed E-state index contributed by atoms with van der Waals surface area (Å²) >= 11 is 12.3. The van der Waals surface area contributed by atoms with Gasteiger partial charge < -0.3 is 10.3 Å². The molecule has 0 aliphatic heterocycles. The first-order valence-electron chi connectivity index (χ1n) is 7.66. The first-order chi connectivity index (χ1) is 13.0. The Hall–Kier alpha value is -3.27. The maximum atomic E-state index is 12.2. The van der Waals surface area contributed by atoms with Crippen molar-refractivity contribution >= 4 is 57.7 Å². The lowest BCUT2D eigenvalue weighted by Gasteiger charge is -2.01. The summed E-state index contributed by atoms with van der Waals surface area (Å²) in [6.45, 7) is 4.91. The van der Waals surface area contributed by atoms with Crippen LogP contribution in [0.4, 0.5) is 5.69 Å². The number of nitrogens with one attached hydrogen (secondary N) is 2. The normalized spacial score (nSPS) is 10.7. The molecule has 0 unspecified atom stereocenters. The SMILES string of the molecule is C#[N+]OC(=O)c1[nH]c2cc(Cl)cc(Cl)c2c1/C=C/C(=O)Nc1ccccc1. The van der Waals surface area contributed by atoms with Crippen molar-refractivity contribution in [1.82, 2.24) is 4.98 Å². The zero-order chi connectivity index (χ0) is 19.4. The molecule has 2 aromatic carbocycles. The van der Waals surface area contributed by atoms with E-state index < -0.39 is 5.97 Å². The molecule has 3 aromatic rings. The number of benzene rings is 2. The Morgan fingerprint density at radius 3 is 2.63 bits per heavy atom. The van der Waals surface area contributed by atoms with Crippen LogP contribution in [0.5, 0.6) is 0 Å². The van der Waals surface area contributed by atoms with E-state index in [0.29, 0.717) is 32.2 Å². The van der Waals surface area contributed by atoms with E-state index in [4.69, 9.17) is 29.8 Å².